The summed E-state index contributed by atoms with van der Waals surface area (Å²) in [5.41, 5.74) is 1.05. The molecular weight excluding hydrogens is 259 g/mol. The topological polar surface area (TPSA) is 96.2 Å². The summed E-state index contributed by atoms with van der Waals surface area (Å²) in [7, 11) is 0. The van der Waals surface area contributed by atoms with Crippen LogP contribution in [0.15, 0.2) is 29.1 Å². The van der Waals surface area contributed by atoms with Gasteiger partial charge in [-0.2, -0.15) is 10.5 Å². The number of rotatable bonds is 3. The lowest BCUT2D eigenvalue weighted by Gasteiger charge is -2.16. The number of H-pyrrole nitrogens is 2. The van der Waals surface area contributed by atoms with Crippen molar-refractivity contribution in [3.8, 4) is 12.1 Å². The molecule has 2 N–H and O–H groups in total. The van der Waals surface area contributed by atoms with Crippen LogP contribution in [0.3, 0.4) is 0 Å². The highest BCUT2D eigenvalue weighted by atomic mass is 19.1. The molecule has 1 atom stereocenters. The Hall–Kier alpha value is -2.86. The third-order valence-electron chi connectivity index (χ3n) is 3.16. The average molecular weight is 270 g/mol. The van der Waals surface area contributed by atoms with E-state index in [0.29, 0.717) is 16.8 Å². The third kappa shape index (κ3) is 2.32. The molecule has 0 aliphatic heterocycles. The second-order valence-corrected chi connectivity index (χ2v) is 4.38. The summed E-state index contributed by atoms with van der Waals surface area (Å²) < 4.78 is 13.0. The van der Waals surface area contributed by atoms with Gasteiger partial charge in [0.25, 0.3) is 5.56 Å². The molecule has 0 spiro atoms. The molecule has 2 rings (SSSR count). The van der Waals surface area contributed by atoms with Crippen molar-refractivity contribution in [3.63, 3.8) is 0 Å². The lowest BCUT2D eigenvalue weighted by molar-refractivity contribution is 0.624. The Morgan fingerprint density at radius 2 is 1.75 bits per heavy atom. The van der Waals surface area contributed by atoms with Gasteiger partial charge in [-0.3, -0.25) is 9.89 Å². The number of nitrogens with zero attached hydrogens (tertiary/aromatic N) is 2. The lowest BCUT2D eigenvalue weighted by Crippen LogP contribution is -2.19. The van der Waals surface area contributed by atoms with Crippen LogP contribution in [-0.2, 0) is 0 Å². The predicted octanol–water partition coefficient (Wildman–Crippen LogP) is 1.95. The molecule has 0 saturated carbocycles. The molecule has 0 saturated heterocycles. The van der Waals surface area contributed by atoms with Crippen LogP contribution in [0, 0.1) is 41.3 Å². The minimum Gasteiger partial charge on any atom is -0.302 e. The first-order valence-electron chi connectivity index (χ1n) is 5.90. The van der Waals surface area contributed by atoms with Gasteiger partial charge in [-0.05, 0) is 24.6 Å². The highest BCUT2D eigenvalue weighted by Gasteiger charge is 2.29. The summed E-state index contributed by atoms with van der Waals surface area (Å²) in [4.78, 5) is 11.9. The fraction of sp³-hybridized carbons (Fsp3) is 0.214. The molecule has 0 amide bonds. The van der Waals surface area contributed by atoms with E-state index >= 15 is 0 Å². The third-order valence-corrected chi connectivity index (χ3v) is 3.16. The fourth-order valence-corrected chi connectivity index (χ4v) is 2.20. The van der Waals surface area contributed by atoms with Gasteiger partial charge < -0.3 is 5.10 Å². The zero-order valence-corrected chi connectivity index (χ0v) is 10.6. The van der Waals surface area contributed by atoms with Gasteiger partial charge in [-0.25, -0.2) is 4.39 Å². The SMILES string of the molecule is Cc1[nH][nH]c(=O)c1[C@@H](c1ccc(F)cc1)C(C#N)C#N. The van der Waals surface area contributed by atoms with Crippen LogP contribution >= 0.6 is 0 Å². The molecule has 100 valence electrons. The molecular formula is C14H11FN4O. The minimum atomic E-state index is -1.03. The molecule has 0 bridgehead atoms. The zero-order valence-electron chi connectivity index (χ0n) is 10.6. The van der Waals surface area contributed by atoms with Crippen LogP contribution in [0.2, 0.25) is 0 Å². The quantitative estimate of drug-likeness (QED) is 0.892. The van der Waals surface area contributed by atoms with Crippen molar-refractivity contribution in [1.29, 1.82) is 10.5 Å². The summed E-state index contributed by atoms with van der Waals surface area (Å²) >= 11 is 0. The molecule has 1 aromatic carbocycles. The summed E-state index contributed by atoms with van der Waals surface area (Å²) in [6.07, 6.45) is 0. The molecule has 0 fully saturated rings. The van der Waals surface area contributed by atoms with Crippen LogP contribution in [0.1, 0.15) is 22.7 Å². The van der Waals surface area contributed by atoms with Crippen LogP contribution < -0.4 is 5.56 Å². The van der Waals surface area contributed by atoms with Crippen molar-refractivity contribution >= 4 is 0 Å². The van der Waals surface area contributed by atoms with Crippen molar-refractivity contribution in [2.75, 3.05) is 0 Å². The maximum Gasteiger partial charge on any atom is 0.268 e. The van der Waals surface area contributed by atoms with E-state index in [1.54, 1.807) is 6.92 Å². The maximum atomic E-state index is 13.0. The molecule has 1 heterocycles. The van der Waals surface area contributed by atoms with Crippen molar-refractivity contribution in [3.05, 3.63) is 57.3 Å². The molecule has 1 aromatic heterocycles. The molecule has 2 aromatic rings. The first-order chi connectivity index (χ1) is 9.58. The van der Waals surface area contributed by atoms with E-state index in [-0.39, 0.29) is 5.56 Å². The van der Waals surface area contributed by atoms with Gasteiger partial charge in [0.15, 0.2) is 0 Å². The number of benzene rings is 1. The van der Waals surface area contributed by atoms with Crippen molar-refractivity contribution in [2.24, 2.45) is 5.92 Å². The Kier molecular flexibility index (Phi) is 3.67. The zero-order chi connectivity index (χ0) is 14.7. The van der Waals surface area contributed by atoms with Gasteiger partial charge in [-0.15, -0.1) is 0 Å². The van der Waals surface area contributed by atoms with Gasteiger partial charge in [0.2, 0.25) is 0 Å². The normalized spacial score (nSPS) is 11.8. The van der Waals surface area contributed by atoms with Crippen LogP contribution in [0.5, 0.6) is 0 Å². The van der Waals surface area contributed by atoms with Gasteiger partial charge in [0.05, 0.1) is 12.1 Å². The summed E-state index contributed by atoms with van der Waals surface area (Å²) in [5.74, 6) is -2.17. The number of aromatic amines is 2. The lowest BCUT2D eigenvalue weighted by atomic mass is 9.82. The van der Waals surface area contributed by atoms with E-state index in [1.807, 2.05) is 12.1 Å². The van der Waals surface area contributed by atoms with Crippen molar-refractivity contribution in [1.82, 2.24) is 10.2 Å². The largest absolute Gasteiger partial charge is 0.302 e. The van der Waals surface area contributed by atoms with E-state index in [4.69, 9.17) is 10.5 Å². The molecule has 0 radical (unpaired) electrons. The fourth-order valence-electron chi connectivity index (χ4n) is 2.20. The van der Waals surface area contributed by atoms with Crippen LogP contribution in [0.25, 0.3) is 0 Å². The first-order valence-corrected chi connectivity index (χ1v) is 5.90. The number of aryl methyl sites for hydroxylation is 1. The van der Waals surface area contributed by atoms with E-state index in [1.165, 1.54) is 24.3 Å². The highest BCUT2D eigenvalue weighted by molar-refractivity contribution is 5.38. The van der Waals surface area contributed by atoms with E-state index < -0.39 is 17.7 Å². The van der Waals surface area contributed by atoms with Gasteiger partial charge in [0.1, 0.15) is 11.7 Å². The molecule has 20 heavy (non-hydrogen) atoms. The molecule has 6 heteroatoms. The van der Waals surface area contributed by atoms with Crippen molar-refractivity contribution < 1.29 is 4.39 Å². The van der Waals surface area contributed by atoms with E-state index in [2.05, 4.69) is 10.2 Å². The molecule has 0 unspecified atom stereocenters. The summed E-state index contributed by atoms with van der Waals surface area (Å²) in [5, 5.41) is 23.3. The van der Waals surface area contributed by atoms with E-state index in [9.17, 15) is 9.18 Å². The van der Waals surface area contributed by atoms with E-state index in [0.717, 1.165) is 0 Å². The Morgan fingerprint density at radius 1 is 1.15 bits per heavy atom. The molecule has 0 aliphatic rings. The first kappa shape index (κ1) is 13.6. The van der Waals surface area contributed by atoms with Crippen LogP contribution in [-0.4, -0.2) is 10.2 Å². The number of hydrogen-bond donors (Lipinski definition) is 2. The summed E-state index contributed by atoms with van der Waals surface area (Å²) in [6, 6.07) is 9.21. The van der Waals surface area contributed by atoms with Gasteiger partial charge in [0, 0.05) is 17.2 Å². The second-order valence-electron chi connectivity index (χ2n) is 4.38. The highest BCUT2D eigenvalue weighted by Crippen LogP contribution is 2.31. The number of nitriles is 2. The number of halogens is 1. The Labute approximate surface area is 114 Å². The Balaban J connectivity index is 2.63. The maximum absolute atomic E-state index is 13.0. The van der Waals surface area contributed by atoms with Crippen molar-refractivity contribution in [2.45, 2.75) is 12.8 Å². The average Bonchev–Trinajstić information content (AvgIpc) is 2.77. The number of hydrogen-bond acceptors (Lipinski definition) is 3. The monoisotopic (exact) mass is 270 g/mol. The Bertz CT molecular complexity index is 731. The molecule has 0 aliphatic carbocycles. The second kappa shape index (κ2) is 5.41. The smallest absolute Gasteiger partial charge is 0.268 e. The molecule has 5 nitrogen and oxygen atoms in total. The Morgan fingerprint density at radius 3 is 2.20 bits per heavy atom. The predicted molar refractivity (Wildman–Crippen MR) is 69.1 cm³/mol. The number of nitrogens with one attached hydrogen (secondary N) is 2. The van der Waals surface area contributed by atoms with Crippen LogP contribution in [0.4, 0.5) is 4.39 Å². The van der Waals surface area contributed by atoms with Gasteiger partial charge >= 0.3 is 0 Å². The summed E-state index contributed by atoms with van der Waals surface area (Å²) in [6.45, 7) is 1.68. The minimum absolute atomic E-state index is 0.324. The van der Waals surface area contributed by atoms with Gasteiger partial charge in [-0.1, -0.05) is 12.1 Å². The standard InChI is InChI=1S/C14H11FN4O/c1-8-12(14(20)19-18-8)13(10(6-16)7-17)9-2-4-11(15)5-3-9/h2-5,10,13H,1H3,(H2,18,19,20)/t13-/m0/s1. The number of aromatic nitrogens is 2.